The standard InChI is InChI=1S/C13H15BrIN3O2/c1-3-17-10-5-8(14)9(16-12(19)7-15)6-11(10)18(4-2)13(17)20/h5-6H,3-4,7H2,1-2H3,(H,16,19). The molecule has 0 atom stereocenters. The molecule has 0 aliphatic carbocycles. The van der Waals surface area contributed by atoms with Gasteiger partial charge in [0.15, 0.2) is 0 Å². The summed E-state index contributed by atoms with van der Waals surface area (Å²) in [6.07, 6.45) is 0. The van der Waals surface area contributed by atoms with Gasteiger partial charge in [-0.15, -0.1) is 0 Å². The van der Waals surface area contributed by atoms with Gasteiger partial charge in [-0.1, -0.05) is 22.6 Å². The highest BCUT2D eigenvalue weighted by atomic mass is 127. The molecule has 5 nitrogen and oxygen atoms in total. The molecule has 0 fully saturated rings. The number of hydrogen-bond donors (Lipinski definition) is 1. The van der Waals surface area contributed by atoms with Crippen LogP contribution in [0, 0.1) is 0 Å². The third kappa shape index (κ3) is 2.65. The number of nitrogens with zero attached hydrogens (tertiary/aromatic N) is 2. The van der Waals surface area contributed by atoms with Crippen LogP contribution < -0.4 is 11.0 Å². The van der Waals surface area contributed by atoms with Gasteiger partial charge in [0.25, 0.3) is 0 Å². The number of carbonyl (C=O) groups excluding carboxylic acids is 1. The fourth-order valence-electron chi connectivity index (χ4n) is 2.23. The van der Waals surface area contributed by atoms with E-state index in [0.717, 1.165) is 15.5 Å². The summed E-state index contributed by atoms with van der Waals surface area (Å²) >= 11 is 5.47. The molecule has 0 aliphatic heterocycles. The molecule has 0 aliphatic rings. The molecule has 1 heterocycles. The Morgan fingerprint density at radius 2 is 1.80 bits per heavy atom. The molecule has 2 rings (SSSR count). The molecule has 108 valence electrons. The molecule has 1 aromatic carbocycles. The fraction of sp³-hybridized carbons (Fsp3) is 0.385. The number of halogens is 2. The number of aryl methyl sites for hydroxylation is 2. The molecular weight excluding hydrogens is 437 g/mol. The molecule has 2 aromatic rings. The molecule has 0 saturated heterocycles. The maximum atomic E-state index is 12.3. The van der Waals surface area contributed by atoms with Gasteiger partial charge in [-0.25, -0.2) is 4.79 Å². The first-order valence-electron chi connectivity index (χ1n) is 6.31. The number of carbonyl (C=O) groups is 1. The molecule has 1 aromatic heterocycles. The van der Waals surface area contributed by atoms with Gasteiger partial charge in [-0.05, 0) is 41.9 Å². The normalized spacial score (nSPS) is 11.0. The second kappa shape index (κ2) is 6.30. The van der Waals surface area contributed by atoms with E-state index in [1.165, 1.54) is 0 Å². The average molecular weight is 452 g/mol. The van der Waals surface area contributed by atoms with E-state index in [0.29, 0.717) is 23.2 Å². The van der Waals surface area contributed by atoms with Crippen molar-refractivity contribution in [2.45, 2.75) is 26.9 Å². The number of amides is 1. The third-order valence-corrected chi connectivity index (χ3v) is 4.48. The van der Waals surface area contributed by atoms with Crippen molar-refractivity contribution in [2.75, 3.05) is 9.74 Å². The molecule has 20 heavy (non-hydrogen) atoms. The topological polar surface area (TPSA) is 56.0 Å². The molecule has 7 heteroatoms. The summed E-state index contributed by atoms with van der Waals surface area (Å²) in [6.45, 7) is 5.10. The Hall–Kier alpha value is -0.830. The van der Waals surface area contributed by atoms with Crippen LogP contribution in [0.2, 0.25) is 0 Å². The highest BCUT2D eigenvalue weighted by Gasteiger charge is 2.14. The lowest BCUT2D eigenvalue weighted by atomic mass is 10.2. The largest absolute Gasteiger partial charge is 0.329 e. The van der Waals surface area contributed by atoms with Crippen LogP contribution >= 0.6 is 38.5 Å². The number of imidazole rings is 1. The van der Waals surface area contributed by atoms with Crippen LogP contribution in [-0.4, -0.2) is 19.5 Å². The molecule has 1 amide bonds. The smallest absolute Gasteiger partial charge is 0.324 e. The van der Waals surface area contributed by atoms with Crippen LogP contribution in [0.5, 0.6) is 0 Å². The summed E-state index contributed by atoms with van der Waals surface area (Å²) in [5, 5.41) is 2.83. The molecule has 0 spiro atoms. The van der Waals surface area contributed by atoms with Crippen molar-refractivity contribution in [1.29, 1.82) is 0 Å². The monoisotopic (exact) mass is 451 g/mol. The Morgan fingerprint density at radius 3 is 2.30 bits per heavy atom. The van der Waals surface area contributed by atoms with E-state index in [9.17, 15) is 9.59 Å². The number of hydrogen-bond acceptors (Lipinski definition) is 2. The van der Waals surface area contributed by atoms with Crippen LogP contribution in [0.15, 0.2) is 21.4 Å². The molecule has 0 saturated carbocycles. The first-order chi connectivity index (χ1) is 9.53. The van der Waals surface area contributed by atoms with Crippen LogP contribution in [0.3, 0.4) is 0 Å². The van der Waals surface area contributed by atoms with E-state index < -0.39 is 0 Å². The number of benzene rings is 1. The van der Waals surface area contributed by atoms with Crippen LogP contribution in [0.4, 0.5) is 5.69 Å². The Kier molecular flexibility index (Phi) is 4.90. The van der Waals surface area contributed by atoms with Crippen molar-refractivity contribution in [1.82, 2.24) is 9.13 Å². The minimum Gasteiger partial charge on any atom is -0.324 e. The van der Waals surface area contributed by atoms with E-state index in [4.69, 9.17) is 0 Å². The van der Waals surface area contributed by atoms with Crippen LogP contribution in [0.1, 0.15) is 13.8 Å². The van der Waals surface area contributed by atoms with E-state index in [-0.39, 0.29) is 11.6 Å². The second-order valence-corrected chi connectivity index (χ2v) is 5.89. The molecule has 0 unspecified atom stereocenters. The van der Waals surface area contributed by atoms with Crippen molar-refractivity contribution in [3.8, 4) is 0 Å². The van der Waals surface area contributed by atoms with Crippen molar-refractivity contribution in [3.05, 3.63) is 27.1 Å². The lowest BCUT2D eigenvalue weighted by Crippen LogP contribution is -2.23. The highest BCUT2D eigenvalue weighted by molar-refractivity contribution is 14.1. The molecule has 0 radical (unpaired) electrons. The number of fused-ring (bicyclic) bond motifs is 1. The maximum absolute atomic E-state index is 12.3. The quantitative estimate of drug-likeness (QED) is 0.573. The van der Waals surface area contributed by atoms with Gasteiger partial charge in [0.2, 0.25) is 5.91 Å². The van der Waals surface area contributed by atoms with E-state index >= 15 is 0 Å². The van der Waals surface area contributed by atoms with Gasteiger partial charge in [-0.3, -0.25) is 13.9 Å². The van der Waals surface area contributed by atoms with E-state index in [2.05, 4.69) is 21.2 Å². The zero-order valence-electron chi connectivity index (χ0n) is 11.2. The van der Waals surface area contributed by atoms with Gasteiger partial charge in [0, 0.05) is 17.6 Å². The summed E-state index contributed by atoms with van der Waals surface area (Å²) in [5.41, 5.74) is 2.38. The summed E-state index contributed by atoms with van der Waals surface area (Å²) in [4.78, 5) is 23.8. The Morgan fingerprint density at radius 1 is 1.25 bits per heavy atom. The van der Waals surface area contributed by atoms with Crippen molar-refractivity contribution >= 4 is 61.1 Å². The number of alkyl halides is 1. The lowest BCUT2D eigenvalue weighted by Gasteiger charge is -2.08. The van der Waals surface area contributed by atoms with Gasteiger partial charge < -0.3 is 5.32 Å². The maximum Gasteiger partial charge on any atom is 0.329 e. The first-order valence-corrected chi connectivity index (χ1v) is 8.63. The third-order valence-electron chi connectivity index (χ3n) is 3.14. The zero-order valence-corrected chi connectivity index (χ0v) is 15.0. The highest BCUT2D eigenvalue weighted by Crippen LogP contribution is 2.28. The summed E-state index contributed by atoms with van der Waals surface area (Å²) in [5.74, 6) is -0.0639. The average Bonchev–Trinajstić information content (AvgIpc) is 2.69. The second-order valence-electron chi connectivity index (χ2n) is 4.27. The number of anilines is 1. The van der Waals surface area contributed by atoms with Gasteiger partial charge >= 0.3 is 5.69 Å². The van der Waals surface area contributed by atoms with Gasteiger partial charge in [0.05, 0.1) is 21.1 Å². The SMILES string of the molecule is CCn1c(=O)n(CC)c2cc(NC(=O)CI)c(Br)cc21. The van der Waals surface area contributed by atoms with Crippen molar-refractivity contribution in [2.24, 2.45) is 0 Å². The predicted octanol–water partition coefficient (Wildman–Crippen LogP) is 2.98. The number of rotatable bonds is 4. The van der Waals surface area contributed by atoms with Crippen LogP contribution in [0.25, 0.3) is 11.0 Å². The fourth-order valence-corrected chi connectivity index (χ4v) is 2.85. The van der Waals surface area contributed by atoms with Gasteiger partial charge in [0.1, 0.15) is 0 Å². The molecule has 1 N–H and O–H groups in total. The van der Waals surface area contributed by atoms with E-state index in [1.807, 2.05) is 48.6 Å². The molecular formula is C13H15BrIN3O2. The van der Waals surface area contributed by atoms with Crippen LogP contribution in [-0.2, 0) is 17.9 Å². The predicted molar refractivity (Wildman–Crippen MR) is 92.8 cm³/mol. The Bertz CT molecular complexity index is 720. The first kappa shape index (κ1) is 15.6. The Balaban J connectivity index is 2.69. The summed E-state index contributed by atoms with van der Waals surface area (Å²) in [6, 6.07) is 3.73. The number of aromatic nitrogens is 2. The molecule has 0 bridgehead atoms. The lowest BCUT2D eigenvalue weighted by molar-refractivity contribution is -0.113. The summed E-state index contributed by atoms with van der Waals surface area (Å²) < 4.78 is 4.61. The zero-order chi connectivity index (χ0) is 14.9. The summed E-state index contributed by atoms with van der Waals surface area (Å²) in [7, 11) is 0. The van der Waals surface area contributed by atoms with Gasteiger partial charge in [-0.2, -0.15) is 0 Å². The van der Waals surface area contributed by atoms with E-state index in [1.54, 1.807) is 9.13 Å². The number of nitrogens with one attached hydrogen (secondary N) is 1. The van der Waals surface area contributed by atoms with Crippen molar-refractivity contribution in [3.63, 3.8) is 0 Å². The van der Waals surface area contributed by atoms with Crippen molar-refractivity contribution < 1.29 is 4.79 Å². The Labute approximate surface area is 138 Å². The minimum absolute atomic E-state index is 0.0192. The minimum atomic E-state index is -0.0639.